The van der Waals surface area contributed by atoms with E-state index in [1.165, 1.54) is 0 Å². The highest BCUT2D eigenvalue weighted by Gasteiger charge is 2.18. The first kappa shape index (κ1) is 9.85. The highest BCUT2D eigenvalue weighted by atomic mass is 35.5. The number of rotatable bonds is 1. The van der Waals surface area contributed by atoms with Crippen molar-refractivity contribution in [3.8, 4) is 0 Å². The number of hydrogen-bond donors (Lipinski definition) is 2. The van der Waals surface area contributed by atoms with Crippen molar-refractivity contribution < 1.29 is 4.73 Å². The molecule has 0 unspecified atom stereocenters. The van der Waals surface area contributed by atoms with Crippen LogP contribution in [0.5, 0.6) is 0 Å². The molecule has 0 saturated heterocycles. The molecule has 4 N–H and O–H groups in total. The van der Waals surface area contributed by atoms with Crippen molar-refractivity contribution in [2.24, 2.45) is 0 Å². The smallest absolute Gasteiger partial charge is 0.391 e. The number of hydrogen-bond acceptors (Lipinski definition) is 4. The van der Waals surface area contributed by atoms with E-state index >= 15 is 0 Å². The molecule has 0 aliphatic rings. The molecule has 0 aromatic carbocycles. The molecule has 0 spiro atoms. The summed E-state index contributed by atoms with van der Waals surface area (Å²) >= 11 is 5.67. The van der Waals surface area contributed by atoms with Crippen LogP contribution in [0.1, 0.15) is 25.5 Å². The highest BCUT2D eigenvalue weighted by Crippen LogP contribution is 2.24. The third-order valence-corrected chi connectivity index (χ3v) is 1.97. The van der Waals surface area contributed by atoms with Gasteiger partial charge in [-0.25, -0.2) is 4.73 Å². The van der Waals surface area contributed by atoms with Crippen molar-refractivity contribution in [3.63, 3.8) is 0 Å². The molecule has 0 bridgehead atoms. The molecule has 0 radical (unpaired) electrons. The second kappa shape index (κ2) is 3.26. The van der Waals surface area contributed by atoms with Gasteiger partial charge in [0.1, 0.15) is 11.4 Å². The Hall–Kier alpha value is -1.23. The maximum Gasteiger partial charge on any atom is 0.391 e. The lowest BCUT2D eigenvalue weighted by Gasteiger charge is -2.16. The zero-order valence-electron chi connectivity index (χ0n) is 7.41. The van der Waals surface area contributed by atoms with Gasteiger partial charge in [-0.2, -0.15) is 0 Å². The maximum absolute atomic E-state index is 11.4. The minimum atomic E-state index is -0.178. The SMILES string of the molecule is CC(C)c1c(N)c(Cl)nc(N)[n+]1[O-]. The fourth-order valence-corrected chi connectivity index (χ4v) is 1.27. The van der Waals surface area contributed by atoms with Crippen molar-refractivity contribution in [2.45, 2.75) is 19.8 Å². The van der Waals surface area contributed by atoms with Gasteiger partial charge in [0.2, 0.25) is 5.15 Å². The first-order valence-corrected chi connectivity index (χ1v) is 4.16. The molecule has 0 atom stereocenters. The van der Waals surface area contributed by atoms with Crippen LogP contribution in [0.2, 0.25) is 5.15 Å². The van der Waals surface area contributed by atoms with Crippen LogP contribution in [0, 0.1) is 5.21 Å². The van der Waals surface area contributed by atoms with E-state index in [1.54, 1.807) is 0 Å². The molecule has 1 aromatic rings. The van der Waals surface area contributed by atoms with Crippen LogP contribution in [0.3, 0.4) is 0 Å². The van der Waals surface area contributed by atoms with Crippen LogP contribution < -0.4 is 16.2 Å². The Morgan fingerprint density at radius 1 is 1.46 bits per heavy atom. The van der Waals surface area contributed by atoms with Gasteiger partial charge in [0.15, 0.2) is 0 Å². The average molecular weight is 203 g/mol. The third kappa shape index (κ3) is 1.60. The van der Waals surface area contributed by atoms with Crippen LogP contribution in [0.4, 0.5) is 11.6 Å². The zero-order chi connectivity index (χ0) is 10.2. The van der Waals surface area contributed by atoms with Crippen LogP contribution in [-0.2, 0) is 0 Å². The van der Waals surface area contributed by atoms with Crippen molar-refractivity contribution in [2.75, 3.05) is 11.5 Å². The first-order valence-electron chi connectivity index (χ1n) is 3.79. The lowest BCUT2D eigenvalue weighted by atomic mass is 10.1. The van der Waals surface area contributed by atoms with Gasteiger partial charge in [0.05, 0.1) is 0 Å². The van der Waals surface area contributed by atoms with Gasteiger partial charge in [0.25, 0.3) is 0 Å². The summed E-state index contributed by atoms with van der Waals surface area (Å²) in [6.45, 7) is 3.66. The van der Waals surface area contributed by atoms with E-state index in [2.05, 4.69) is 4.98 Å². The zero-order valence-corrected chi connectivity index (χ0v) is 8.17. The Morgan fingerprint density at radius 2 is 2.00 bits per heavy atom. The Labute approximate surface area is 80.9 Å². The number of nitrogens with two attached hydrogens (primary N) is 2. The molecule has 0 fully saturated rings. The second-order valence-electron chi connectivity index (χ2n) is 3.01. The van der Waals surface area contributed by atoms with Gasteiger partial charge < -0.3 is 10.9 Å². The van der Waals surface area contributed by atoms with Crippen molar-refractivity contribution in [1.82, 2.24) is 4.98 Å². The maximum atomic E-state index is 11.4. The summed E-state index contributed by atoms with van der Waals surface area (Å²) < 4.78 is 0.506. The molecule has 6 heteroatoms. The molecule has 1 rings (SSSR count). The molecule has 0 amide bonds. The molecule has 0 saturated carbocycles. The van der Waals surface area contributed by atoms with Gasteiger partial charge in [-0.05, 0) is 11.6 Å². The van der Waals surface area contributed by atoms with E-state index in [0.29, 0.717) is 10.4 Å². The van der Waals surface area contributed by atoms with E-state index in [9.17, 15) is 5.21 Å². The second-order valence-corrected chi connectivity index (χ2v) is 3.37. The fraction of sp³-hybridized carbons (Fsp3) is 0.429. The molecular formula is C7H11ClN4O. The summed E-state index contributed by atoms with van der Waals surface area (Å²) in [6.07, 6.45) is 0. The van der Waals surface area contributed by atoms with E-state index < -0.39 is 0 Å². The molecule has 13 heavy (non-hydrogen) atoms. The number of halogens is 1. The largest absolute Gasteiger partial charge is 0.740 e. The van der Waals surface area contributed by atoms with E-state index in [-0.39, 0.29) is 22.7 Å². The molecule has 5 nitrogen and oxygen atoms in total. The highest BCUT2D eigenvalue weighted by molar-refractivity contribution is 6.31. The Kier molecular flexibility index (Phi) is 2.47. The molecule has 1 aromatic heterocycles. The lowest BCUT2D eigenvalue weighted by molar-refractivity contribution is -0.601. The van der Waals surface area contributed by atoms with Crippen LogP contribution >= 0.6 is 11.6 Å². The van der Waals surface area contributed by atoms with E-state index in [1.807, 2.05) is 13.8 Å². The number of aromatic nitrogens is 2. The monoisotopic (exact) mass is 202 g/mol. The Bertz CT molecular complexity index is 314. The van der Waals surface area contributed by atoms with Crippen molar-refractivity contribution in [1.29, 1.82) is 0 Å². The number of nitrogens with zero attached hydrogens (tertiary/aromatic N) is 2. The summed E-state index contributed by atoms with van der Waals surface area (Å²) in [5.74, 6) is -0.219. The minimum Gasteiger partial charge on any atom is -0.740 e. The lowest BCUT2D eigenvalue weighted by Crippen LogP contribution is -2.38. The van der Waals surface area contributed by atoms with Gasteiger partial charge in [-0.1, -0.05) is 18.8 Å². The van der Waals surface area contributed by atoms with Gasteiger partial charge >= 0.3 is 5.95 Å². The van der Waals surface area contributed by atoms with E-state index in [0.717, 1.165) is 0 Å². The topological polar surface area (TPSA) is 91.9 Å². The summed E-state index contributed by atoms with van der Waals surface area (Å²) in [4.78, 5) is 3.58. The molecule has 72 valence electrons. The predicted octanol–water partition coefficient (Wildman–Crippen LogP) is 0.656. The van der Waals surface area contributed by atoms with Crippen molar-refractivity contribution >= 4 is 23.2 Å². The standard InChI is InChI=1S/C7H11ClN4O/c1-3(2)5-4(9)6(8)11-7(10)12(5)13/h3H,9H2,1-2H3,(H2,10,11). The third-order valence-electron chi connectivity index (χ3n) is 1.68. The summed E-state index contributed by atoms with van der Waals surface area (Å²) in [7, 11) is 0. The fourth-order valence-electron chi connectivity index (χ4n) is 1.09. The van der Waals surface area contributed by atoms with Gasteiger partial charge in [-0.15, -0.1) is 0 Å². The van der Waals surface area contributed by atoms with Gasteiger partial charge in [0, 0.05) is 5.92 Å². The Balaban J connectivity index is 3.46. The van der Waals surface area contributed by atoms with Crippen molar-refractivity contribution in [3.05, 3.63) is 16.1 Å². The number of anilines is 2. The molecule has 1 heterocycles. The molecule has 0 aliphatic heterocycles. The minimum absolute atomic E-state index is 0.0414. The van der Waals surface area contributed by atoms with Gasteiger partial charge in [-0.3, -0.25) is 5.73 Å². The Morgan fingerprint density at radius 3 is 2.46 bits per heavy atom. The molecule has 0 aliphatic carbocycles. The summed E-state index contributed by atoms with van der Waals surface area (Å²) in [5.41, 5.74) is 11.5. The molecular weight excluding hydrogens is 192 g/mol. The van der Waals surface area contributed by atoms with Crippen LogP contribution in [0.15, 0.2) is 0 Å². The van der Waals surface area contributed by atoms with Crippen LogP contribution in [-0.4, -0.2) is 4.98 Å². The predicted molar refractivity (Wildman–Crippen MR) is 51.1 cm³/mol. The van der Waals surface area contributed by atoms with Crippen LogP contribution in [0.25, 0.3) is 0 Å². The first-order chi connectivity index (χ1) is 5.95. The summed E-state index contributed by atoms with van der Waals surface area (Å²) in [5, 5.41) is 11.5. The quantitative estimate of drug-likeness (QED) is 0.398. The number of nitrogen functional groups attached to an aromatic ring is 2. The van der Waals surface area contributed by atoms with E-state index in [4.69, 9.17) is 23.1 Å². The summed E-state index contributed by atoms with van der Waals surface area (Å²) in [6, 6.07) is 0. The average Bonchev–Trinajstić information content (AvgIpc) is 2.01. The normalized spacial score (nSPS) is 10.8.